The average Bonchev–Trinajstić information content (AvgIpc) is 1.97. The largest absolute Gasteiger partial charge is 0.388 e. The zero-order chi connectivity index (χ0) is 8.59. The smallest absolute Gasteiger partial charge is 0.172 e. The summed E-state index contributed by atoms with van der Waals surface area (Å²) in [5.74, 6) is 0. The summed E-state index contributed by atoms with van der Waals surface area (Å²) in [7, 11) is 0. The van der Waals surface area contributed by atoms with Gasteiger partial charge in [0.15, 0.2) is 6.29 Å². The molecule has 0 aromatic heterocycles. The van der Waals surface area contributed by atoms with E-state index in [0.29, 0.717) is 0 Å². The Bertz CT molecular complexity index is 129. The van der Waals surface area contributed by atoms with Crippen molar-refractivity contribution in [3.63, 3.8) is 0 Å². The molecule has 5 nitrogen and oxygen atoms in total. The normalized spacial score (nSPS) is 52.6. The summed E-state index contributed by atoms with van der Waals surface area (Å²) in [5.41, 5.74) is 5.29. The van der Waals surface area contributed by atoms with Crippen molar-refractivity contribution in [2.45, 2.75) is 37.6 Å². The van der Waals surface area contributed by atoms with Crippen molar-refractivity contribution in [2.24, 2.45) is 5.73 Å². The van der Waals surface area contributed by atoms with Crippen molar-refractivity contribution in [1.29, 1.82) is 0 Å². The Morgan fingerprint density at radius 1 is 1.18 bits per heavy atom. The third-order valence-electron chi connectivity index (χ3n) is 1.91. The van der Waals surface area contributed by atoms with Gasteiger partial charge in [-0.1, -0.05) is 0 Å². The van der Waals surface area contributed by atoms with Gasteiger partial charge in [0, 0.05) is 0 Å². The molecular weight excluding hydrogens is 150 g/mol. The summed E-state index contributed by atoms with van der Waals surface area (Å²) in [5, 5.41) is 27.4. The number of aliphatic hydroxyl groups excluding tert-OH is 3. The van der Waals surface area contributed by atoms with Gasteiger partial charge in [-0.2, -0.15) is 0 Å². The van der Waals surface area contributed by atoms with Gasteiger partial charge in [0.1, 0.15) is 12.2 Å². The summed E-state index contributed by atoms with van der Waals surface area (Å²) in [6.07, 6.45) is -3.91. The molecule has 3 unspecified atom stereocenters. The van der Waals surface area contributed by atoms with E-state index in [-0.39, 0.29) is 0 Å². The Labute approximate surface area is 64.4 Å². The van der Waals surface area contributed by atoms with E-state index in [0.717, 1.165) is 0 Å². The number of aliphatic hydroxyl groups is 3. The van der Waals surface area contributed by atoms with Crippen molar-refractivity contribution in [2.75, 3.05) is 0 Å². The first kappa shape index (κ1) is 8.89. The Morgan fingerprint density at radius 3 is 2.27 bits per heavy atom. The van der Waals surface area contributed by atoms with Gasteiger partial charge in [-0.3, -0.25) is 0 Å². The first-order valence-corrected chi connectivity index (χ1v) is 3.49. The van der Waals surface area contributed by atoms with Crippen LogP contribution in [0.3, 0.4) is 0 Å². The molecule has 1 heterocycles. The second-order valence-electron chi connectivity index (χ2n) is 2.79. The summed E-state index contributed by atoms with van der Waals surface area (Å²) < 4.78 is 4.80. The Balaban J connectivity index is 2.63. The van der Waals surface area contributed by atoms with Gasteiger partial charge in [0.2, 0.25) is 0 Å². The maximum Gasteiger partial charge on any atom is 0.172 e. The Morgan fingerprint density at radius 2 is 1.73 bits per heavy atom. The van der Waals surface area contributed by atoms with Crippen LogP contribution in [0.1, 0.15) is 6.92 Å². The molecule has 0 aromatic carbocycles. The minimum absolute atomic E-state index is 0.584. The predicted molar refractivity (Wildman–Crippen MR) is 36.5 cm³/mol. The van der Waals surface area contributed by atoms with Gasteiger partial charge in [0.25, 0.3) is 0 Å². The molecule has 0 radical (unpaired) electrons. The monoisotopic (exact) mass is 163 g/mol. The van der Waals surface area contributed by atoms with Crippen LogP contribution in [-0.2, 0) is 4.74 Å². The Hall–Kier alpha value is -0.200. The minimum Gasteiger partial charge on any atom is -0.388 e. The maximum atomic E-state index is 9.17. The van der Waals surface area contributed by atoms with Crippen LogP contribution < -0.4 is 5.73 Å². The van der Waals surface area contributed by atoms with Crippen LogP contribution in [0.5, 0.6) is 0 Å². The molecule has 0 aromatic rings. The van der Waals surface area contributed by atoms with E-state index < -0.39 is 30.6 Å². The van der Waals surface area contributed by atoms with Crippen LogP contribution in [0.15, 0.2) is 0 Å². The average molecular weight is 163 g/mol. The molecule has 5 heteroatoms. The van der Waals surface area contributed by atoms with Crippen molar-refractivity contribution < 1.29 is 20.1 Å². The van der Waals surface area contributed by atoms with Crippen LogP contribution in [0.25, 0.3) is 0 Å². The molecule has 1 rings (SSSR count). The van der Waals surface area contributed by atoms with E-state index in [1.54, 1.807) is 6.92 Å². The number of nitrogens with two attached hydrogens (primary N) is 1. The van der Waals surface area contributed by atoms with Crippen LogP contribution in [-0.4, -0.2) is 46.0 Å². The second kappa shape index (κ2) is 3.04. The van der Waals surface area contributed by atoms with Crippen molar-refractivity contribution in [3.05, 3.63) is 0 Å². The highest BCUT2D eigenvalue weighted by molar-refractivity contribution is 4.88. The van der Waals surface area contributed by atoms with E-state index in [1.165, 1.54) is 0 Å². The van der Waals surface area contributed by atoms with Gasteiger partial charge < -0.3 is 25.8 Å². The second-order valence-corrected chi connectivity index (χ2v) is 2.79. The molecule has 66 valence electrons. The fraction of sp³-hybridized carbons (Fsp3) is 1.00. The highest BCUT2D eigenvalue weighted by Crippen LogP contribution is 2.17. The molecule has 5 atom stereocenters. The minimum atomic E-state index is -1.19. The number of ether oxygens (including phenoxy) is 1. The van der Waals surface area contributed by atoms with Crippen molar-refractivity contribution in [1.82, 2.24) is 0 Å². The SMILES string of the molecule is CC1O[C@@H](O)C(N)C(O)[C@@H]1O. The highest BCUT2D eigenvalue weighted by atomic mass is 16.6. The molecule has 1 saturated heterocycles. The third-order valence-corrected chi connectivity index (χ3v) is 1.91. The fourth-order valence-corrected chi connectivity index (χ4v) is 1.07. The van der Waals surface area contributed by atoms with Crippen LogP contribution in [0, 0.1) is 0 Å². The van der Waals surface area contributed by atoms with E-state index >= 15 is 0 Å². The molecular formula is C6H13NO4. The van der Waals surface area contributed by atoms with Gasteiger partial charge in [0.05, 0.1) is 12.1 Å². The molecule has 1 fully saturated rings. The van der Waals surface area contributed by atoms with Crippen molar-refractivity contribution in [3.8, 4) is 0 Å². The molecule has 0 saturated carbocycles. The van der Waals surface area contributed by atoms with Gasteiger partial charge in [-0.05, 0) is 6.92 Å². The lowest BCUT2D eigenvalue weighted by Gasteiger charge is -2.37. The van der Waals surface area contributed by atoms with E-state index in [9.17, 15) is 5.11 Å². The molecule has 0 amide bonds. The van der Waals surface area contributed by atoms with Crippen molar-refractivity contribution >= 4 is 0 Å². The lowest BCUT2D eigenvalue weighted by molar-refractivity contribution is -0.236. The van der Waals surface area contributed by atoms with Crippen LogP contribution in [0.2, 0.25) is 0 Å². The van der Waals surface area contributed by atoms with E-state index in [2.05, 4.69) is 0 Å². The lowest BCUT2D eigenvalue weighted by atomic mass is 9.99. The lowest BCUT2D eigenvalue weighted by Crippen LogP contribution is -2.60. The quantitative estimate of drug-likeness (QED) is 0.324. The van der Waals surface area contributed by atoms with Gasteiger partial charge in [-0.15, -0.1) is 0 Å². The van der Waals surface area contributed by atoms with E-state index in [1.807, 2.05) is 0 Å². The zero-order valence-corrected chi connectivity index (χ0v) is 6.21. The molecule has 1 aliphatic heterocycles. The fourth-order valence-electron chi connectivity index (χ4n) is 1.07. The van der Waals surface area contributed by atoms with E-state index in [4.69, 9.17) is 20.7 Å². The zero-order valence-electron chi connectivity index (χ0n) is 6.21. The molecule has 0 aliphatic carbocycles. The summed E-state index contributed by atoms with van der Waals surface area (Å²) >= 11 is 0. The molecule has 0 spiro atoms. The molecule has 11 heavy (non-hydrogen) atoms. The molecule has 1 aliphatic rings. The standard InChI is InChI=1S/C6H13NO4/c1-2-4(8)5(9)3(7)6(10)11-2/h2-6,8-10H,7H2,1H3/t2?,3?,4-,5?,6-/m1/s1. The van der Waals surface area contributed by atoms with Crippen LogP contribution in [0.4, 0.5) is 0 Å². The molecule has 5 N–H and O–H groups in total. The summed E-state index contributed by atoms with van der Waals surface area (Å²) in [6.45, 7) is 1.56. The molecule has 0 bridgehead atoms. The highest BCUT2D eigenvalue weighted by Gasteiger charge is 2.39. The maximum absolute atomic E-state index is 9.17. The number of rotatable bonds is 0. The number of hydrogen-bond donors (Lipinski definition) is 4. The predicted octanol–water partition coefficient (Wildman–Crippen LogP) is -2.23. The first-order chi connectivity index (χ1) is 5.04. The summed E-state index contributed by atoms with van der Waals surface area (Å²) in [4.78, 5) is 0. The third kappa shape index (κ3) is 1.52. The van der Waals surface area contributed by atoms with Crippen LogP contribution >= 0.6 is 0 Å². The van der Waals surface area contributed by atoms with Gasteiger partial charge >= 0.3 is 0 Å². The summed E-state index contributed by atoms with van der Waals surface area (Å²) in [6, 6.07) is -0.929. The first-order valence-electron chi connectivity index (χ1n) is 3.49. The van der Waals surface area contributed by atoms with Gasteiger partial charge in [-0.25, -0.2) is 0 Å². The number of hydrogen-bond acceptors (Lipinski definition) is 5. The Kier molecular flexibility index (Phi) is 2.46. The topological polar surface area (TPSA) is 95.9 Å².